The normalized spacial score (nSPS) is 25.7. The molecule has 0 unspecified atom stereocenters. The van der Waals surface area contributed by atoms with Crippen molar-refractivity contribution in [2.75, 3.05) is 13.2 Å². The van der Waals surface area contributed by atoms with E-state index >= 15 is 0 Å². The Kier molecular flexibility index (Phi) is 7.39. The van der Waals surface area contributed by atoms with Crippen molar-refractivity contribution in [2.24, 2.45) is 17.8 Å². The van der Waals surface area contributed by atoms with Gasteiger partial charge in [0.05, 0.1) is 37.7 Å². The quantitative estimate of drug-likeness (QED) is 0.370. The van der Waals surface area contributed by atoms with E-state index in [1.165, 1.54) is 10.5 Å². The third-order valence-electron chi connectivity index (χ3n) is 8.25. The number of phenolic OH excluding ortho intramolecular Hbond substituents is 1. The molecule has 5 rings (SSSR count). The molecule has 37 heavy (non-hydrogen) atoms. The van der Waals surface area contributed by atoms with E-state index in [1.807, 2.05) is 43.5 Å². The predicted octanol–water partition coefficient (Wildman–Crippen LogP) is 5.15. The highest BCUT2D eigenvalue weighted by Crippen LogP contribution is 2.50. The first-order valence-corrected chi connectivity index (χ1v) is 14.0. The van der Waals surface area contributed by atoms with Gasteiger partial charge in [-0.05, 0) is 90.9 Å². The number of nitrogens with zero attached hydrogens (tertiary/aromatic N) is 1. The number of hydrogen-bond donors (Lipinski definition) is 2. The fraction of sp³-hybridized carbons (Fsp3) is 0.467. The van der Waals surface area contributed by atoms with Gasteiger partial charge in [-0.15, -0.1) is 11.3 Å². The van der Waals surface area contributed by atoms with E-state index in [-0.39, 0.29) is 30.4 Å². The second-order valence-electron chi connectivity index (χ2n) is 10.5. The number of allylic oxidation sites excluding steroid dienone is 1. The summed E-state index contributed by atoms with van der Waals surface area (Å²) in [4.78, 5) is 29.1. The largest absolute Gasteiger partial charge is 0.507 e. The number of fused-ring (bicyclic) bond motifs is 3. The Labute approximate surface area is 222 Å². The highest BCUT2D eigenvalue weighted by molar-refractivity contribution is 7.09. The summed E-state index contributed by atoms with van der Waals surface area (Å²) in [5.74, 6) is -0.822. The number of ether oxygens (including phenoxy) is 1. The molecule has 1 aromatic carbocycles. The second kappa shape index (κ2) is 10.6. The molecule has 2 aliphatic heterocycles. The summed E-state index contributed by atoms with van der Waals surface area (Å²) in [5, 5.41) is 22.3. The molecule has 0 bridgehead atoms. The number of phenols is 1. The van der Waals surface area contributed by atoms with Gasteiger partial charge in [-0.2, -0.15) is 0 Å². The number of benzene rings is 1. The molecule has 6 nitrogen and oxygen atoms in total. The van der Waals surface area contributed by atoms with Crippen LogP contribution in [0.1, 0.15) is 54.2 Å². The van der Waals surface area contributed by atoms with Crippen LogP contribution >= 0.6 is 11.3 Å². The first kappa shape index (κ1) is 25.9. The molecule has 196 valence electrons. The maximum absolute atomic E-state index is 13.5. The van der Waals surface area contributed by atoms with Gasteiger partial charge in [0, 0.05) is 10.8 Å². The number of likely N-dealkylation sites (tertiary alicyclic amines) is 1. The van der Waals surface area contributed by atoms with E-state index < -0.39 is 11.8 Å². The number of hydrogen-bond acceptors (Lipinski definition) is 6. The molecule has 0 radical (unpaired) electrons. The molecule has 3 heterocycles. The Bertz CT molecular complexity index is 1240. The van der Waals surface area contributed by atoms with Gasteiger partial charge in [-0.25, -0.2) is 0 Å². The zero-order chi connectivity index (χ0) is 26.3. The smallest absolute Gasteiger partial charge is 0.234 e. The standard InChI is InChI=1S/C30H35NO5S/c1-4-19(12-20-10-17(2)28(33)18(3)11-20)7-8-25-26-21(15-32)13-23-27(24(26)16-36-25)30(35)31(29(23)34)14-22-6-5-9-37-22/h5-6,9-12,23-25,27,32-33H,4,7-8,13-16H2,1-3H3/b19-12+/t23-,24+,25-,27-/m1/s1. The van der Waals surface area contributed by atoms with Crippen molar-refractivity contribution in [3.05, 3.63) is 67.9 Å². The van der Waals surface area contributed by atoms with Gasteiger partial charge >= 0.3 is 0 Å². The van der Waals surface area contributed by atoms with E-state index in [2.05, 4.69) is 13.0 Å². The van der Waals surface area contributed by atoms with E-state index in [0.717, 1.165) is 52.0 Å². The van der Waals surface area contributed by atoms with Crippen LogP contribution in [0.3, 0.4) is 0 Å². The van der Waals surface area contributed by atoms with Crippen molar-refractivity contribution < 1.29 is 24.5 Å². The number of rotatable bonds is 8. The van der Waals surface area contributed by atoms with Crippen LogP contribution in [0.2, 0.25) is 0 Å². The third-order valence-corrected chi connectivity index (χ3v) is 9.11. The van der Waals surface area contributed by atoms with Crippen molar-refractivity contribution in [1.29, 1.82) is 0 Å². The van der Waals surface area contributed by atoms with Gasteiger partial charge in [-0.3, -0.25) is 14.5 Å². The molecule has 7 heteroatoms. The number of carbonyl (C=O) groups excluding carboxylic acids is 2. The van der Waals surface area contributed by atoms with Gasteiger partial charge in [0.2, 0.25) is 11.8 Å². The third kappa shape index (κ3) is 4.80. The average molecular weight is 522 g/mol. The lowest BCUT2D eigenvalue weighted by Gasteiger charge is -2.31. The molecular weight excluding hydrogens is 486 g/mol. The topological polar surface area (TPSA) is 87.1 Å². The number of aromatic hydroxyl groups is 1. The summed E-state index contributed by atoms with van der Waals surface area (Å²) < 4.78 is 6.25. The Hall–Kier alpha value is -2.74. The van der Waals surface area contributed by atoms with Crippen molar-refractivity contribution in [2.45, 2.75) is 59.1 Å². The second-order valence-corrected chi connectivity index (χ2v) is 11.6. The Morgan fingerprint density at radius 2 is 1.95 bits per heavy atom. The molecule has 2 N–H and O–H groups in total. The molecule has 1 aromatic heterocycles. The van der Waals surface area contributed by atoms with Crippen molar-refractivity contribution in [1.82, 2.24) is 4.90 Å². The molecule has 2 amide bonds. The molecule has 4 atom stereocenters. The lowest BCUT2D eigenvalue weighted by atomic mass is 9.69. The minimum atomic E-state index is -0.405. The molecule has 0 spiro atoms. The van der Waals surface area contributed by atoms with Crippen LogP contribution in [0.5, 0.6) is 5.75 Å². The van der Waals surface area contributed by atoms with Crippen molar-refractivity contribution in [3.8, 4) is 5.75 Å². The minimum Gasteiger partial charge on any atom is -0.507 e. The van der Waals surface area contributed by atoms with Crippen molar-refractivity contribution >= 4 is 29.2 Å². The molecule has 2 saturated heterocycles. The van der Waals surface area contributed by atoms with Crippen LogP contribution in [0.25, 0.3) is 6.08 Å². The number of aryl methyl sites for hydroxylation is 2. The van der Waals surface area contributed by atoms with Crippen LogP contribution in [0.15, 0.2) is 46.4 Å². The van der Waals surface area contributed by atoms with E-state index in [9.17, 15) is 19.8 Å². The van der Waals surface area contributed by atoms with Gasteiger partial charge in [-0.1, -0.05) is 24.6 Å². The number of amides is 2. The fourth-order valence-electron chi connectivity index (χ4n) is 6.37. The highest BCUT2D eigenvalue weighted by atomic mass is 32.1. The lowest BCUT2D eigenvalue weighted by molar-refractivity contribution is -0.140. The van der Waals surface area contributed by atoms with Gasteiger partial charge in [0.1, 0.15) is 5.75 Å². The zero-order valence-corrected chi connectivity index (χ0v) is 22.5. The molecule has 2 aromatic rings. The van der Waals surface area contributed by atoms with Crippen LogP contribution in [-0.4, -0.2) is 46.2 Å². The SMILES string of the molecule is CC/C(=C\c1cc(C)c(O)c(C)c1)CC[C@H]1OC[C@H]2C1=C(CO)C[C@H]1C(=O)N(Cc3cccs3)C(=O)[C@H]12. The number of carbonyl (C=O) groups is 2. The summed E-state index contributed by atoms with van der Waals surface area (Å²) in [7, 11) is 0. The Morgan fingerprint density at radius 3 is 2.59 bits per heavy atom. The van der Waals surface area contributed by atoms with Crippen LogP contribution in [0, 0.1) is 31.6 Å². The van der Waals surface area contributed by atoms with Crippen molar-refractivity contribution in [3.63, 3.8) is 0 Å². The monoisotopic (exact) mass is 521 g/mol. The first-order chi connectivity index (χ1) is 17.8. The molecule has 2 fully saturated rings. The van der Waals surface area contributed by atoms with Crippen LogP contribution in [0.4, 0.5) is 0 Å². The maximum Gasteiger partial charge on any atom is 0.234 e. The number of aliphatic hydroxyl groups excluding tert-OH is 1. The van der Waals surface area contributed by atoms with Gasteiger partial charge in [0.15, 0.2) is 0 Å². The van der Waals surface area contributed by atoms with Crippen LogP contribution in [-0.2, 0) is 20.9 Å². The Balaban J connectivity index is 1.33. The highest BCUT2D eigenvalue weighted by Gasteiger charge is 2.56. The van der Waals surface area contributed by atoms with E-state index in [4.69, 9.17) is 4.74 Å². The lowest BCUT2D eigenvalue weighted by Crippen LogP contribution is -2.34. The number of thiophene rings is 1. The molecular formula is C30H35NO5S. The molecule has 1 aliphatic carbocycles. The predicted molar refractivity (Wildman–Crippen MR) is 144 cm³/mol. The van der Waals surface area contributed by atoms with Gasteiger partial charge < -0.3 is 14.9 Å². The molecule has 3 aliphatic rings. The summed E-state index contributed by atoms with van der Waals surface area (Å²) in [6.07, 6.45) is 4.97. The summed E-state index contributed by atoms with van der Waals surface area (Å²) in [6, 6.07) is 7.88. The van der Waals surface area contributed by atoms with Gasteiger partial charge in [0.25, 0.3) is 0 Å². The van der Waals surface area contributed by atoms with E-state index in [0.29, 0.717) is 25.3 Å². The first-order valence-electron chi connectivity index (χ1n) is 13.1. The fourth-order valence-corrected chi connectivity index (χ4v) is 7.07. The Morgan fingerprint density at radius 1 is 1.19 bits per heavy atom. The summed E-state index contributed by atoms with van der Waals surface area (Å²) in [6.45, 7) is 6.59. The number of imide groups is 1. The minimum absolute atomic E-state index is 0.0978. The zero-order valence-electron chi connectivity index (χ0n) is 21.7. The molecule has 0 saturated carbocycles. The summed E-state index contributed by atoms with van der Waals surface area (Å²) >= 11 is 1.55. The summed E-state index contributed by atoms with van der Waals surface area (Å²) in [5.41, 5.74) is 6.01. The van der Waals surface area contributed by atoms with E-state index in [1.54, 1.807) is 11.3 Å². The maximum atomic E-state index is 13.5. The number of aliphatic hydroxyl groups is 1. The average Bonchev–Trinajstić information content (AvgIpc) is 3.61. The van der Waals surface area contributed by atoms with Crippen LogP contribution < -0.4 is 0 Å².